The number of hydrogen-bond acceptors (Lipinski definition) is 4. The largest absolute Gasteiger partial charge is 0.494 e. The van der Waals surface area contributed by atoms with Crippen molar-refractivity contribution in [1.29, 1.82) is 0 Å². The van der Waals surface area contributed by atoms with Gasteiger partial charge in [0.05, 0.1) is 12.0 Å². The molecule has 4 heteroatoms. The number of fused-ring (bicyclic) bond motifs is 3. The summed E-state index contributed by atoms with van der Waals surface area (Å²) in [6, 6.07) is 116. The van der Waals surface area contributed by atoms with Crippen LogP contribution >= 0.6 is 0 Å². The third-order valence-electron chi connectivity index (χ3n) is 23.5. The van der Waals surface area contributed by atoms with Crippen molar-refractivity contribution in [2.24, 2.45) is 0 Å². The molecule has 113 heavy (non-hydrogen) atoms. The minimum absolute atomic E-state index is 0.512. The quantitative estimate of drug-likeness (QED) is 0.0359. The standard InChI is InChI=1S/C109H117N3O/c1-8-13-18-20-22-24-30-85-39-54-93(55-40-85)109(94-56-41-86(42-57-94)31-25-23-21-19-14-9-2)107-77-82(7)38-74-105(107)106-75-53-92(80-108(106)109)89-51-68-100(69-52-89)111(97-62-45-84(46-63-97)29-16-11-4)99-66-49-88(50-67-99)91-33-27-35-103(79-91)112(101-70-72-104(73-71-101)113-76-17-12-5)102-34-26-32-90(78-102)87-47-64-98(65-48-87)110(95-58-36-81(6)37-59-95)96-60-43-83(44-61-96)28-15-10-3/h26-27,32-75,77-80H,8-25,28-31,76H2,1-7H3. The van der Waals surface area contributed by atoms with E-state index in [1.165, 1.54) is 181 Å². The topological polar surface area (TPSA) is 19.0 Å². The lowest BCUT2D eigenvalue weighted by Gasteiger charge is -2.34. The Morgan fingerprint density at radius 3 is 0.965 bits per heavy atom. The van der Waals surface area contributed by atoms with Gasteiger partial charge in [-0.05, 0) is 288 Å². The Balaban J connectivity index is 0.780. The fourth-order valence-corrected chi connectivity index (χ4v) is 17.0. The summed E-state index contributed by atoms with van der Waals surface area (Å²) in [6.07, 6.45) is 26.9. The van der Waals surface area contributed by atoms with E-state index in [1.54, 1.807) is 0 Å². The number of aryl methyl sites for hydroxylation is 6. The summed E-state index contributed by atoms with van der Waals surface area (Å²) in [5.41, 5.74) is 32.5. The Kier molecular flexibility index (Phi) is 26.8. The van der Waals surface area contributed by atoms with Crippen LogP contribution in [0, 0.1) is 13.8 Å². The molecular weight excluding hydrogens is 1370 g/mol. The van der Waals surface area contributed by atoms with Crippen LogP contribution in [-0.4, -0.2) is 6.61 Å². The molecule has 1 aliphatic rings. The normalized spacial score (nSPS) is 12.0. The van der Waals surface area contributed by atoms with Gasteiger partial charge in [-0.3, -0.25) is 0 Å². The van der Waals surface area contributed by atoms with E-state index in [0.29, 0.717) is 6.61 Å². The maximum Gasteiger partial charge on any atom is 0.119 e. The van der Waals surface area contributed by atoms with Crippen LogP contribution in [0.1, 0.15) is 206 Å². The zero-order chi connectivity index (χ0) is 77.7. The molecule has 0 aromatic heterocycles. The van der Waals surface area contributed by atoms with E-state index < -0.39 is 5.41 Å². The van der Waals surface area contributed by atoms with Gasteiger partial charge in [0.1, 0.15) is 5.75 Å². The third kappa shape index (κ3) is 18.7. The van der Waals surface area contributed by atoms with E-state index in [2.05, 4.69) is 366 Å². The average Bonchev–Trinajstić information content (AvgIpc) is 1.54. The highest BCUT2D eigenvalue weighted by molar-refractivity contribution is 5.90. The molecule has 0 amide bonds. The average molecular weight is 1490 g/mol. The second kappa shape index (κ2) is 38.5. The monoisotopic (exact) mass is 1480 g/mol. The van der Waals surface area contributed by atoms with Crippen LogP contribution in [0.2, 0.25) is 0 Å². The number of nitrogens with zero attached hydrogens (tertiary/aromatic N) is 3. The zero-order valence-corrected chi connectivity index (χ0v) is 68.4. The molecule has 13 aromatic carbocycles. The van der Waals surface area contributed by atoms with Gasteiger partial charge in [-0.2, -0.15) is 0 Å². The molecule has 0 N–H and O–H groups in total. The first-order valence-electron chi connectivity index (χ1n) is 43.0. The van der Waals surface area contributed by atoms with E-state index in [4.69, 9.17) is 4.74 Å². The van der Waals surface area contributed by atoms with Gasteiger partial charge in [-0.15, -0.1) is 0 Å². The van der Waals surface area contributed by atoms with Crippen LogP contribution < -0.4 is 19.4 Å². The first-order chi connectivity index (χ1) is 55.6. The minimum atomic E-state index is -0.512. The molecule has 0 aliphatic heterocycles. The summed E-state index contributed by atoms with van der Waals surface area (Å²) >= 11 is 0. The number of unbranched alkanes of at least 4 members (excludes halogenated alkanes) is 13. The predicted octanol–water partition coefficient (Wildman–Crippen LogP) is 31.7. The summed E-state index contributed by atoms with van der Waals surface area (Å²) in [7, 11) is 0. The Morgan fingerprint density at radius 2 is 0.549 bits per heavy atom. The Morgan fingerprint density at radius 1 is 0.239 bits per heavy atom. The first-order valence-corrected chi connectivity index (χ1v) is 43.0. The zero-order valence-electron chi connectivity index (χ0n) is 68.4. The van der Waals surface area contributed by atoms with Gasteiger partial charge in [0.2, 0.25) is 0 Å². The number of benzene rings is 13. The fourth-order valence-electron chi connectivity index (χ4n) is 17.0. The highest BCUT2D eigenvalue weighted by atomic mass is 16.5. The molecule has 0 heterocycles. The molecule has 0 bridgehead atoms. The Labute approximate surface area is 677 Å². The predicted molar refractivity (Wildman–Crippen MR) is 485 cm³/mol. The van der Waals surface area contributed by atoms with Gasteiger partial charge in [0, 0.05) is 51.2 Å². The van der Waals surface area contributed by atoms with Crippen LogP contribution in [0.4, 0.5) is 51.2 Å². The number of ether oxygens (including phenoxy) is 1. The van der Waals surface area contributed by atoms with E-state index in [0.717, 1.165) is 118 Å². The van der Waals surface area contributed by atoms with Crippen molar-refractivity contribution in [3.63, 3.8) is 0 Å². The second-order valence-electron chi connectivity index (χ2n) is 31.8. The molecule has 1 aliphatic carbocycles. The van der Waals surface area contributed by atoms with Gasteiger partial charge in [0.25, 0.3) is 0 Å². The lowest BCUT2D eigenvalue weighted by atomic mass is 9.67. The van der Waals surface area contributed by atoms with Crippen molar-refractivity contribution in [3.05, 3.63) is 359 Å². The number of hydrogen-bond donors (Lipinski definition) is 0. The SMILES string of the molecule is CCCCCCCCc1ccc(C2(c3ccc(CCCCCCCC)cc3)c3cc(C)ccc3-c3ccc(-c4ccc(N(c5ccc(CCCC)cc5)c5ccc(-c6cccc(N(c7ccc(OCCCC)cc7)c7cccc(-c8ccc(N(c9ccc(C)cc9)c9ccc(CCCC)cc9)cc8)c7)c6)cc5)cc4)cc32)cc1. The van der Waals surface area contributed by atoms with Crippen molar-refractivity contribution in [2.75, 3.05) is 21.3 Å². The third-order valence-corrected chi connectivity index (χ3v) is 23.5. The maximum absolute atomic E-state index is 6.25. The molecule has 0 radical (unpaired) electrons. The van der Waals surface area contributed by atoms with Gasteiger partial charge < -0.3 is 19.4 Å². The first kappa shape index (κ1) is 78.7. The fraction of sp³-hybridized carbons (Fsp3) is 0.284. The van der Waals surface area contributed by atoms with Crippen molar-refractivity contribution in [1.82, 2.24) is 0 Å². The molecule has 0 spiro atoms. The Bertz CT molecular complexity index is 5080. The van der Waals surface area contributed by atoms with Gasteiger partial charge >= 0.3 is 0 Å². The molecule has 0 saturated heterocycles. The van der Waals surface area contributed by atoms with Crippen molar-refractivity contribution >= 4 is 51.2 Å². The molecule has 0 unspecified atom stereocenters. The van der Waals surface area contributed by atoms with Gasteiger partial charge in [0.15, 0.2) is 0 Å². The summed E-state index contributed by atoms with van der Waals surface area (Å²) in [5, 5.41) is 0. The summed E-state index contributed by atoms with van der Waals surface area (Å²) in [6.45, 7) is 16.5. The van der Waals surface area contributed by atoms with Crippen molar-refractivity contribution < 1.29 is 4.74 Å². The lowest BCUT2D eigenvalue weighted by molar-refractivity contribution is 0.309. The molecule has 4 nitrogen and oxygen atoms in total. The molecular formula is C109H117N3O. The second-order valence-corrected chi connectivity index (χ2v) is 31.8. The van der Waals surface area contributed by atoms with E-state index in [9.17, 15) is 0 Å². The molecule has 574 valence electrons. The summed E-state index contributed by atoms with van der Waals surface area (Å²) < 4.78 is 6.25. The highest BCUT2D eigenvalue weighted by Crippen LogP contribution is 2.57. The molecule has 13 aromatic rings. The molecule has 14 rings (SSSR count). The molecule has 0 atom stereocenters. The smallest absolute Gasteiger partial charge is 0.119 e. The van der Waals surface area contributed by atoms with Gasteiger partial charge in [-0.1, -0.05) is 305 Å². The highest BCUT2D eigenvalue weighted by Gasteiger charge is 2.46. The van der Waals surface area contributed by atoms with Crippen LogP contribution in [0.5, 0.6) is 5.75 Å². The minimum Gasteiger partial charge on any atom is -0.494 e. The Hall–Kier alpha value is -10.9. The van der Waals surface area contributed by atoms with Gasteiger partial charge in [-0.25, -0.2) is 0 Å². The van der Waals surface area contributed by atoms with Crippen LogP contribution in [0.15, 0.2) is 303 Å². The van der Waals surface area contributed by atoms with Crippen LogP contribution in [-0.2, 0) is 31.1 Å². The van der Waals surface area contributed by atoms with Crippen LogP contribution in [0.25, 0.3) is 44.5 Å². The van der Waals surface area contributed by atoms with Crippen molar-refractivity contribution in [2.45, 2.75) is 195 Å². The van der Waals surface area contributed by atoms with E-state index in [-0.39, 0.29) is 0 Å². The summed E-state index contributed by atoms with van der Waals surface area (Å²) in [5.74, 6) is 0.878. The van der Waals surface area contributed by atoms with Crippen LogP contribution in [0.3, 0.4) is 0 Å². The van der Waals surface area contributed by atoms with E-state index >= 15 is 0 Å². The van der Waals surface area contributed by atoms with E-state index in [1.807, 2.05) is 0 Å². The molecule has 0 saturated carbocycles. The lowest BCUT2D eigenvalue weighted by Crippen LogP contribution is -2.28. The number of anilines is 9. The molecule has 0 fully saturated rings. The van der Waals surface area contributed by atoms with Crippen molar-refractivity contribution in [3.8, 4) is 50.3 Å². The maximum atomic E-state index is 6.25. The number of rotatable bonds is 38. The summed E-state index contributed by atoms with van der Waals surface area (Å²) in [4.78, 5) is 7.18.